The molecule has 2 aromatic rings. The number of halogens is 1. The van der Waals surface area contributed by atoms with Gasteiger partial charge in [0, 0.05) is 17.2 Å². The highest BCUT2D eigenvalue weighted by Crippen LogP contribution is 2.36. The minimum atomic E-state index is -0.284. The van der Waals surface area contributed by atoms with E-state index in [0.717, 1.165) is 17.6 Å². The average Bonchev–Trinajstić information content (AvgIpc) is 2.83. The van der Waals surface area contributed by atoms with Crippen LogP contribution in [0.2, 0.25) is 0 Å². The number of hydrogen-bond donors (Lipinski definition) is 1. The lowest BCUT2D eigenvalue weighted by Crippen LogP contribution is -2.41. The molecule has 0 saturated carbocycles. The van der Waals surface area contributed by atoms with Crippen LogP contribution in [0.1, 0.15) is 40.2 Å². The van der Waals surface area contributed by atoms with Crippen molar-refractivity contribution in [1.29, 1.82) is 0 Å². The fourth-order valence-corrected chi connectivity index (χ4v) is 3.02. The van der Waals surface area contributed by atoms with E-state index < -0.39 is 0 Å². The van der Waals surface area contributed by atoms with E-state index >= 15 is 0 Å². The largest absolute Gasteiger partial charge is 0.494 e. The quantitative estimate of drug-likeness (QED) is 0.709. The SMILES string of the molecule is CCc1cccc(Br)c1.CNc1cccc(B2OC(C)(C)C(C)(C)O2)c1. The molecule has 0 aromatic heterocycles. The van der Waals surface area contributed by atoms with E-state index in [1.807, 2.05) is 31.3 Å². The Balaban J connectivity index is 0.000000228. The summed E-state index contributed by atoms with van der Waals surface area (Å²) in [7, 11) is 1.62. The standard InChI is InChI=1S/C13H20BNO2.C8H9Br/c1-12(2)13(3,4)17-14(16-12)10-7-6-8-11(9-10)15-5;1-2-7-4-3-5-8(9)6-7/h6-9,15H,1-5H3;3-6H,2H2,1H3. The van der Waals surface area contributed by atoms with Gasteiger partial charge in [-0.2, -0.15) is 0 Å². The van der Waals surface area contributed by atoms with Crippen molar-refractivity contribution in [2.24, 2.45) is 0 Å². The monoisotopic (exact) mass is 417 g/mol. The molecule has 1 N–H and O–H groups in total. The van der Waals surface area contributed by atoms with E-state index in [1.54, 1.807) is 0 Å². The first kappa shape index (κ1) is 21.0. The minimum Gasteiger partial charge on any atom is -0.399 e. The highest BCUT2D eigenvalue weighted by atomic mass is 79.9. The van der Waals surface area contributed by atoms with Crippen LogP contribution in [-0.2, 0) is 15.7 Å². The average molecular weight is 418 g/mol. The number of nitrogens with one attached hydrogen (secondary N) is 1. The summed E-state index contributed by atoms with van der Waals surface area (Å²) in [5, 5.41) is 3.12. The maximum absolute atomic E-state index is 6.00. The van der Waals surface area contributed by atoms with Crippen LogP contribution in [0.4, 0.5) is 5.69 Å². The lowest BCUT2D eigenvalue weighted by atomic mass is 9.79. The maximum Gasteiger partial charge on any atom is 0.494 e. The van der Waals surface area contributed by atoms with Crippen LogP contribution >= 0.6 is 15.9 Å². The molecule has 0 radical (unpaired) electrons. The topological polar surface area (TPSA) is 30.5 Å². The Morgan fingerprint density at radius 2 is 1.58 bits per heavy atom. The molecule has 1 aliphatic rings. The zero-order valence-electron chi connectivity index (χ0n) is 16.6. The van der Waals surface area contributed by atoms with Crippen LogP contribution in [0, 0.1) is 0 Å². The van der Waals surface area contributed by atoms with E-state index in [0.29, 0.717) is 0 Å². The van der Waals surface area contributed by atoms with Crippen LogP contribution in [0.15, 0.2) is 53.0 Å². The van der Waals surface area contributed by atoms with Crippen molar-refractivity contribution in [2.45, 2.75) is 52.2 Å². The molecule has 1 fully saturated rings. The van der Waals surface area contributed by atoms with E-state index in [9.17, 15) is 0 Å². The summed E-state index contributed by atoms with van der Waals surface area (Å²) in [6.07, 6.45) is 1.11. The van der Waals surface area contributed by atoms with Gasteiger partial charge in [0.05, 0.1) is 11.2 Å². The van der Waals surface area contributed by atoms with Gasteiger partial charge in [0.2, 0.25) is 0 Å². The van der Waals surface area contributed by atoms with Gasteiger partial charge in [-0.25, -0.2) is 0 Å². The predicted molar refractivity (Wildman–Crippen MR) is 115 cm³/mol. The molecule has 1 saturated heterocycles. The fraction of sp³-hybridized carbons (Fsp3) is 0.429. The molecule has 0 unspecified atom stereocenters. The number of rotatable bonds is 3. The number of aryl methyl sites for hydroxylation is 1. The van der Waals surface area contributed by atoms with Gasteiger partial charge in [-0.1, -0.05) is 47.1 Å². The van der Waals surface area contributed by atoms with Gasteiger partial charge in [0.1, 0.15) is 0 Å². The zero-order valence-corrected chi connectivity index (χ0v) is 18.2. The van der Waals surface area contributed by atoms with Crippen molar-refractivity contribution >= 4 is 34.2 Å². The zero-order chi connectivity index (χ0) is 19.4. The highest BCUT2D eigenvalue weighted by molar-refractivity contribution is 9.10. The molecule has 0 bridgehead atoms. The molecule has 0 atom stereocenters. The van der Waals surface area contributed by atoms with Crippen molar-refractivity contribution in [3.05, 3.63) is 58.6 Å². The third-order valence-corrected chi connectivity index (χ3v) is 5.49. The van der Waals surface area contributed by atoms with E-state index in [1.165, 1.54) is 10.0 Å². The second-order valence-electron chi connectivity index (χ2n) is 7.45. The molecule has 26 heavy (non-hydrogen) atoms. The Bertz CT molecular complexity index is 717. The summed E-state index contributed by atoms with van der Waals surface area (Å²) in [5.74, 6) is 0. The number of benzene rings is 2. The Morgan fingerprint density at radius 1 is 0.962 bits per heavy atom. The Morgan fingerprint density at radius 3 is 2.08 bits per heavy atom. The second kappa shape index (κ2) is 8.60. The molecule has 140 valence electrons. The van der Waals surface area contributed by atoms with Gasteiger partial charge < -0.3 is 14.6 Å². The molecule has 2 aromatic carbocycles. The first-order valence-corrected chi connectivity index (χ1v) is 9.85. The van der Waals surface area contributed by atoms with Gasteiger partial charge in [-0.15, -0.1) is 0 Å². The minimum absolute atomic E-state index is 0.284. The van der Waals surface area contributed by atoms with Gasteiger partial charge in [0.15, 0.2) is 0 Å². The third-order valence-electron chi connectivity index (χ3n) is 5.00. The van der Waals surface area contributed by atoms with Crippen molar-refractivity contribution in [1.82, 2.24) is 0 Å². The molecule has 1 heterocycles. The summed E-state index contributed by atoms with van der Waals surface area (Å²) >= 11 is 3.40. The normalized spacial score (nSPS) is 17.4. The summed E-state index contributed by atoms with van der Waals surface area (Å²) < 4.78 is 13.2. The lowest BCUT2D eigenvalue weighted by molar-refractivity contribution is 0.00578. The lowest BCUT2D eigenvalue weighted by Gasteiger charge is -2.32. The van der Waals surface area contributed by atoms with Crippen molar-refractivity contribution < 1.29 is 9.31 Å². The molecule has 0 aliphatic carbocycles. The predicted octanol–water partition coefficient (Wildman–Crippen LogP) is 5.04. The summed E-state index contributed by atoms with van der Waals surface area (Å²) in [4.78, 5) is 0. The molecule has 3 nitrogen and oxygen atoms in total. The van der Waals surface area contributed by atoms with Crippen LogP contribution < -0.4 is 10.8 Å². The van der Waals surface area contributed by atoms with Crippen molar-refractivity contribution in [3.8, 4) is 0 Å². The van der Waals surface area contributed by atoms with Gasteiger partial charge in [-0.3, -0.25) is 0 Å². The summed E-state index contributed by atoms with van der Waals surface area (Å²) in [6, 6.07) is 16.5. The highest BCUT2D eigenvalue weighted by Gasteiger charge is 2.51. The smallest absolute Gasteiger partial charge is 0.399 e. The van der Waals surface area contributed by atoms with Gasteiger partial charge in [0.25, 0.3) is 0 Å². The number of anilines is 1. The van der Waals surface area contributed by atoms with E-state index in [2.05, 4.69) is 80.1 Å². The van der Waals surface area contributed by atoms with Crippen LogP contribution in [0.5, 0.6) is 0 Å². The first-order chi connectivity index (χ1) is 12.2. The Hall–Kier alpha value is -1.30. The van der Waals surface area contributed by atoms with Crippen LogP contribution in [-0.4, -0.2) is 25.4 Å². The molecule has 0 amide bonds. The van der Waals surface area contributed by atoms with Crippen molar-refractivity contribution in [3.63, 3.8) is 0 Å². The molecule has 0 spiro atoms. The summed E-state index contributed by atoms with van der Waals surface area (Å²) in [5.41, 5.74) is 2.93. The Kier molecular flexibility index (Phi) is 6.95. The third kappa shape index (κ3) is 5.12. The molecule has 1 aliphatic heterocycles. The first-order valence-electron chi connectivity index (χ1n) is 9.06. The Labute approximate surface area is 166 Å². The summed E-state index contributed by atoms with van der Waals surface area (Å²) in [6.45, 7) is 10.4. The van der Waals surface area contributed by atoms with Gasteiger partial charge in [-0.05, 0) is 69.4 Å². The molecular formula is C21H29BBrNO2. The molecular weight excluding hydrogens is 389 g/mol. The number of hydrogen-bond acceptors (Lipinski definition) is 3. The van der Waals surface area contributed by atoms with E-state index in [4.69, 9.17) is 9.31 Å². The van der Waals surface area contributed by atoms with Crippen molar-refractivity contribution in [2.75, 3.05) is 12.4 Å². The van der Waals surface area contributed by atoms with Crippen LogP contribution in [0.25, 0.3) is 0 Å². The van der Waals surface area contributed by atoms with Crippen LogP contribution in [0.3, 0.4) is 0 Å². The van der Waals surface area contributed by atoms with Gasteiger partial charge >= 0.3 is 7.12 Å². The second-order valence-corrected chi connectivity index (χ2v) is 8.36. The molecule has 5 heteroatoms. The fourth-order valence-electron chi connectivity index (χ4n) is 2.58. The molecule has 3 rings (SSSR count). The van der Waals surface area contributed by atoms with E-state index in [-0.39, 0.29) is 18.3 Å². The maximum atomic E-state index is 6.00.